The molecule has 3 atom stereocenters. The Kier molecular flexibility index (Phi) is 7.24. The summed E-state index contributed by atoms with van der Waals surface area (Å²) in [5, 5.41) is 15.8. The van der Waals surface area contributed by atoms with Crippen LogP contribution in [-0.2, 0) is 17.9 Å². The van der Waals surface area contributed by atoms with E-state index in [2.05, 4.69) is 15.6 Å². The summed E-state index contributed by atoms with van der Waals surface area (Å²) in [6.45, 7) is 2.93. The highest BCUT2D eigenvalue weighted by molar-refractivity contribution is 14.0. The monoisotopic (exact) mass is 449 g/mol. The Morgan fingerprint density at radius 2 is 2.25 bits per heavy atom. The summed E-state index contributed by atoms with van der Waals surface area (Å²) in [7, 11) is 0. The third-order valence-electron chi connectivity index (χ3n) is 4.47. The molecule has 24 heavy (non-hydrogen) atoms. The summed E-state index contributed by atoms with van der Waals surface area (Å²) in [6.07, 6.45) is 3.98. The average Bonchev–Trinajstić information content (AvgIpc) is 3.17. The lowest BCUT2D eigenvalue weighted by Gasteiger charge is -2.22. The first-order chi connectivity index (χ1) is 11.2. The van der Waals surface area contributed by atoms with Crippen molar-refractivity contribution in [2.24, 2.45) is 4.99 Å². The van der Waals surface area contributed by atoms with Gasteiger partial charge in [-0.05, 0) is 43.9 Å². The molecule has 3 unspecified atom stereocenters. The fourth-order valence-corrected chi connectivity index (χ4v) is 3.30. The van der Waals surface area contributed by atoms with Gasteiger partial charge in [-0.1, -0.05) is 6.07 Å². The minimum Gasteiger partial charge on any atom is -0.392 e. The molecule has 134 valence electrons. The first kappa shape index (κ1) is 19.4. The van der Waals surface area contributed by atoms with Crippen molar-refractivity contribution in [3.63, 3.8) is 0 Å². The van der Waals surface area contributed by atoms with Crippen LogP contribution in [-0.4, -0.2) is 35.9 Å². The molecule has 2 bridgehead atoms. The molecular weight excluding hydrogens is 424 g/mol. The molecule has 0 aromatic heterocycles. The van der Waals surface area contributed by atoms with Gasteiger partial charge in [0.2, 0.25) is 0 Å². The van der Waals surface area contributed by atoms with E-state index in [1.165, 1.54) is 6.07 Å². The van der Waals surface area contributed by atoms with Gasteiger partial charge in [0.05, 0.1) is 31.4 Å². The molecule has 0 aliphatic carbocycles. The fourth-order valence-electron chi connectivity index (χ4n) is 3.30. The Bertz CT molecular complexity index is 585. The zero-order valence-electron chi connectivity index (χ0n) is 13.8. The van der Waals surface area contributed by atoms with Crippen molar-refractivity contribution in [1.82, 2.24) is 10.6 Å². The number of rotatable bonds is 5. The normalized spacial score (nSPS) is 25.5. The average molecular weight is 449 g/mol. The molecule has 1 aromatic rings. The number of ether oxygens (including phenoxy) is 1. The van der Waals surface area contributed by atoms with Gasteiger partial charge in [-0.3, -0.25) is 0 Å². The molecule has 0 saturated carbocycles. The third kappa shape index (κ3) is 4.58. The standard InChI is InChI=1S/C17H24FN3O2.HI/c1-2-19-17(21-15-8-13-4-6-16(15)23-13)20-9-11-3-5-14(18)12(7-11)10-22;/h3,5,7,13,15-16,22H,2,4,6,8-10H2,1H3,(H2,19,20,21);1H. The minimum atomic E-state index is -0.385. The Morgan fingerprint density at radius 1 is 1.42 bits per heavy atom. The number of hydrogen-bond donors (Lipinski definition) is 3. The predicted octanol–water partition coefficient (Wildman–Crippen LogP) is 2.31. The van der Waals surface area contributed by atoms with Crippen LogP contribution in [0.1, 0.15) is 37.3 Å². The van der Waals surface area contributed by atoms with E-state index >= 15 is 0 Å². The number of aliphatic hydroxyl groups excluding tert-OH is 1. The largest absolute Gasteiger partial charge is 0.392 e. The minimum absolute atomic E-state index is 0. The van der Waals surface area contributed by atoms with Gasteiger partial charge in [0.1, 0.15) is 5.82 Å². The molecule has 0 amide bonds. The van der Waals surface area contributed by atoms with Crippen molar-refractivity contribution >= 4 is 29.9 Å². The van der Waals surface area contributed by atoms with Gasteiger partial charge in [0.25, 0.3) is 0 Å². The Balaban J connectivity index is 0.00000208. The van der Waals surface area contributed by atoms with Crippen molar-refractivity contribution in [3.05, 3.63) is 35.1 Å². The van der Waals surface area contributed by atoms with Crippen LogP contribution in [0, 0.1) is 5.82 Å². The molecule has 2 aliphatic rings. The lowest BCUT2D eigenvalue weighted by atomic mass is 9.96. The van der Waals surface area contributed by atoms with Crippen molar-refractivity contribution in [3.8, 4) is 0 Å². The molecule has 3 N–H and O–H groups in total. The van der Waals surface area contributed by atoms with Gasteiger partial charge < -0.3 is 20.5 Å². The number of nitrogens with zero attached hydrogens (tertiary/aromatic N) is 1. The summed E-state index contributed by atoms with van der Waals surface area (Å²) in [4.78, 5) is 4.57. The number of fused-ring (bicyclic) bond motifs is 2. The number of hydrogen-bond acceptors (Lipinski definition) is 3. The van der Waals surface area contributed by atoms with Crippen molar-refractivity contribution < 1.29 is 14.2 Å². The van der Waals surface area contributed by atoms with Crippen molar-refractivity contribution in [1.29, 1.82) is 0 Å². The molecule has 2 saturated heterocycles. The number of benzene rings is 1. The summed E-state index contributed by atoms with van der Waals surface area (Å²) >= 11 is 0. The summed E-state index contributed by atoms with van der Waals surface area (Å²) in [6, 6.07) is 5.04. The van der Waals surface area contributed by atoms with E-state index in [1.807, 2.05) is 6.92 Å². The first-order valence-corrected chi connectivity index (χ1v) is 8.28. The lowest BCUT2D eigenvalue weighted by Crippen LogP contribution is -2.47. The van der Waals surface area contributed by atoms with Gasteiger partial charge in [-0.25, -0.2) is 9.38 Å². The van der Waals surface area contributed by atoms with Gasteiger partial charge in [0.15, 0.2) is 5.96 Å². The molecule has 7 heteroatoms. The Labute approximate surface area is 159 Å². The molecule has 1 aromatic carbocycles. The fraction of sp³-hybridized carbons (Fsp3) is 0.588. The molecule has 2 aliphatic heterocycles. The van der Waals surface area contributed by atoms with Crippen molar-refractivity contribution in [2.75, 3.05) is 6.54 Å². The molecular formula is C17H25FIN3O2. The molecule has 3 rings (SSSR count). The SMILES string of the molecule is CCNC(=NCc1ccc(F)c(CO)c1)NC1CC2CCC1O2.I. The molecule has 2 heterocycles. The maximum absolute atomic E-state index is 13.4. The summed E-state index contributed by atoms with van der Waals surface area (Å²) < 4.78 is 19.3. The number of guanidine groups is 1. The maximum atomic E-state index is 13.4. The van der Waals surface area contributed by atoms with E-state index in [-0.39, 0.29) is 42.5 Å². The molecule has 2 fully saturated rings. The highest BCUT2D eigenvalue weighted by Gasteiger charge is 2.41. The smallest absolute Gasteiger partial charge is 0.191 e. The van der Waals surface area contributed by atoms with E-state index in [0.29, 0.717) is 24.3 Å². The highest BCUT2D eigenvalue weighted by atomic mass is 127. The predicted molar refractivity (Wildman–Crippen MR) is 102 cm³/mol. The zero-order chi connectivity index (χ0) is 16.2. The second-order valence-electron chi connectivity index (χ2n) is 6.14. The lowest BCUT2D eigenvalue weighted by molar-refractivity contribution is 0.0992. The van der Waals surface area contributed by atoms with Crippen LogP contribution in [0.25, 0.3) is 0 Å². The van der Waals surface area contributed by atoms with Crippen LogP contribution in [0.2, 0.25) is 0 Å². The molecule has 0 radical (unpaired) electrons. The zero-order valence-corrected chi connectivity index (χ0v) is 16.1. The van der Waals surface area contributed by atoms with Crippen LogP contribution in [0.4, 0.5) is 4.39 Å². The number of halogens is 2. The van der Waals surface area contributed by atoms with Crippen molar-refractivity contribution in [2.45, 2.75) is 57.6 Å². The van der Waals surface area contributed by atoms with Gasteiger partial charge in [0, 0.05) is 12.1 Å². The van der Waals surface area contributed by atoms with Gasteiger partial charge in [-0.15, -0.1) is 24.0 Å². The van der Waals surface area contributed by atoms with Crippen LogP contribution >= 0.6 is 24.0 Å². The summed E-state index contributed by atoms with van der Waals surface area (Å²) in [5.41, 5.74) is 1.18. The van der Waals surface area contributed by atoms with E-state index in [1.54, 1.807) is 12.1 Å². The highest BCUT2D eigenvalue weighted by Crippen LogP contribution is 2.34. The Morgan fingerprint density at radius 3 is 2.88 bits per heavy atom. The van der Waals surface area contributed by atoms with Crippen LogP contribution in [0.3, 0.4) is 0 Å². The first-order valence-electron chi connectivity index (χ1n) is 8.28. The van der Waals surface area contributed by atoms with Crippen LogP contribution in [0.15, 0.2) is 23.2 Å². The summed E-state index contributed by atoms with van der Waals surface area (Å²) in [5.74, 6) is 0.368. The third-order valence-corrected chi connectivity index (χ3v) is 4.47. The Hall–Kier alpha value is -0.930. The van der Waals surface area contributed by atoms with Crippen LogP contribution < -0.4 is 10.6 Å². The molecule has 0 spiro atoms. The molecule has 5 nitrogen and oxygen atoms in total. The number of aliphatic hydroxyl groups is 1. The number of aliphatic imine (C=N–C) groups is 1. The van der Waals surface area contributed by atoms with E-state index in [0.717, 1.165) is 37.3 Å². The topological polar surface area (TPSA) is 65.9 Å². The van der Waals surface area contributed by atoms with E-state index in [9.17, 15) is 4.39 Å². The second-order valence-corrected chi connectivity index (χ2v) is 6.14. The maximum Gasteiger partial charge on any atom is 0.191 e. The van der Waals surface area contributed by atoms with Gasteiger partial charge >= 0.3 is 0 Å². The van der Waals surface area contributed by atoms with E-state index < -0.39 is 0 Å². The van der Waals surface area contributed by atoms with E-state index in [4.69, 9.17) is 9.84 Å². The van der Waals surface area contributed by atoms with Crippen LogP contribution in [0.5, 0.6) is 0 Å². The van der Waals surface area contributed by atoms with Gasteiger partial charge in [-0.2, -0.15) is 0 Å². The number of nitrogens with one attached hydrogen (secondary N) is 2. The second kappa shape index (κ2) is 8.96. The quantitative estimate of drug-likeness (QED) is 0.367.